The van der Waals surface area contributed by atoms with Crippen LogP contribution in [0.4, 0.5) is 4.39 Å². The van der Waals surface area contributed by atoms with E-state index in [4.69, 9.17) is 4.74 Å². The van der Waals surface area contributed by atoms with Crippen LogP contribution in [-0.2, 0) is 15.3 Å². The number of benzene rings is 2. The highest BCUT2D eigenvalue weighted by Gasteiger charge is 2.20. The first-order valence-electron chi connectivity index (χ1n) is 8.07. The fourth-order valence-corrected chi connectivity index (χ4v) is 3.15. The van der Waals surface area contributed by atoms with Gasteiger partial charge in [0.15, 0.2) is 6.10 Å². The van der Waals surface area contributed by atoms with E-state index in [1.807, 2.05) is 0 Å². The van der Waals surface area contributed by atoms with Crippen molar-refractivity contribution in [2.75, 3.05) is 6.54 Å². The van der Waals surface area contributed by atoms with Gasteiger partial charge in [-0.15, -0.1) is 18.3 Å². The predicted molar refractivity (Wildman–Crippen MR) is 100 cm³/mol. The fraction of sp³-hybridized carbons (Fsp3) is 0.200. The van der Waals surface area contributed by atoms with E-state index in [2.05, 4.69) is 11.9 Å². The Kier molecular flexibility index (Phi) is 7.41. The second-order valence-electron chi connectivity index (χ2n) is 5.46. The van der Waals surface area contributed by atoms with Crippen LogP contribution in [0.15, 0.2) is 66.1 Å². The Labute approximate surface area is 156 Å². The molecule has 4 nitrogen and oxygen atoms in total. The Bertz CT molecular complexity index is 794. The van der Waals surface area contributed by atoms with Crippen LogP contribution in [0.5, 0.6) is 0 Å². The number of esters is 1. The second kappa shape index (κ2) is 9.77. The topological polar surface area (TPSA) is 55.4 Å². The smallest absolute Gasteiger partial charge is 0.340 e. The summed E-state index contributed by atoms with van der Waals surface area (Å²) in [5.41, 5.74) is 0.898. The Hall–Kier alpha value is -2.60. The van der Waals surface area contributed by atoms with E-state index in [0.717, 1.165) is 0 Å². The maximum Gasteiger partial charge on any atom is 0.340 e. The number of rotatable bonds is 8. The van der Waals surface area contributed by atoms with Crippen molar-refractivity contribution in [1.82, 2.24) is 5.32 Å². The van der Waals surface area contributed by atoms with Crippen LogP contribution in [0.3, 0.4) is 0 Å². The van der Waals surface area contributed by atoms with E-state index < -0.39 is 18.0 Å². The summed E-state index contributed by atoms with van der Waals surface area (Å²) in [7, 11) is 0. The zero-order valence-corrected chi connectivity index (χ0v) is 15.2. The van der Waals surface area contributed by atoms with Crippen LogP contribution in [-0.4, -0.2) is 24.5 Å². The van der Waals surface area contributed by atoms with Crippen LogP contribution < -0.4 is 5.32 Å². The second-order valence-corrected chi connectivity index (χ2v) is 6.47. The molecule has 0 heterocycles. The van der Waals surface area contributed by atoms with Crippen LogP contribution in [0, 0.1) is 5.82 Å². The van der Waals surface area contributed by atoms with Crippen molar-refractivity contribution >= 4 is 23.6 Å². The molecule has 1 amide bonds. The summed E-state index contributed by atoms with van der Waals surface area (Å²) in [6, 6.07) is 13.4. The minimum atomic E-state index is -0.924. The van der Waals surface area contributed by atoms with Gasteiger partial charge in [-0.2, -0.15) is 0 Å². The largest absolute Gasteiger partial charge is 0.449 e. The summed E-state index contributed by atoms with van der Waals surface area (Å²) >= 11 is 1.34. The molecular formula is C20H20FNO3S. The van der Waals surface area contributed by atoms with Crippen molar-refractivity contribution in [1.29, 1.82) is 0 Å². The Morgan fingerprint density at radius 1 is 1.23 bits per heavy atom. The third-order valence-electron chi connectivity index (χ3n) is 3.52. The van der Waals surface area contributed by atoms with Gasteiger partial charge in [0.1, 0.15) is 5.82 Å². The molecule has 2 aromatic carbocycles. The molecule has 0 unspecified atom stereocenters. The standard InChI is InChI=1S/C20H20FNO3S/c1-3-12-22-19(23)14(2)25-20(24)16-9-5-7-11-18(16)26-13-15-8-4-6-10-17(15)21/h3-11,14H,1,12-13H2,2H3,(H,22,23)/t14-/m0/s1. The van der Waals surface area contributed by atoms with E-state index in [9.17, 15) is 14.0 Å². The van der Waals surface area contributed by atoms with Crippen molar-refractivity contribution in [3.63, 3.8) is 0 Å². The van der Waals surface area contributed by atoms with E-state index in [1.165, 1.54) is 24.8 Å². The van der Waals surface area contributed by atoms with Gasteiger partial charge < -0.3 is 10.1 Å². The van der Waals surface area contributed by atoms with Gasteiger partial charge in [0.05, 0.1) is 5.56 Å². The molecule has 0 saturated heterocycles. The number of ether oxygens (including phenoxy) is 1. The molecule has 0 bridgehead atoms. The predicted octanol–water partition coefficient (Wildman–Crippen LogP) is 3.97. The maximum atomic E-state index is 13.8. The minimum absolute atomic E-state index is 0.285. The summed E-state index contributed by atoms with van der Waals surface area (Å²) < 4.78 is 19.0. The number of amides is 1. The van der Waals surface area contributed by atoms with Gasteiger partial charge >= 0.3 is 5.97 Å². The van der Waals surface area contributed by atoms with Gasteiger partial charge in [-0.05, 0) is 30.7 Å². The summed E-state index contributed by atoms with van der Waals surface area (Å²) in [5, 5.41) is 2.58. The molecule has 0 aliphatic carbocycles. The molecule has 1 atom stereocenters. The molecule has 2 aromatic rings. The summed E-state index contributed by atoms with van der Waals surface area (Å²) in [6.07, 6.45) is 0.619. The summed E-state index contributed by atoms with van der Waals surface area (Å²) in [6.45, 7) is 5.32. The number of carbonyl (C=O) groups excluding carboxylic acids is 2. The Balaban J connectivity index is 2.05. The lowest BCUT2D eigenvalue weighted by Crippen LogP contribution is -2.35. The SMILES string of the molecule is C=CCNC(=O)[C@H](C)OC(=O)c1ccccc1SCc1ccccc1F. The van der Waals surface area contributed by atoms with Crippen molar-refractivity contribution in [2.24, 2.45) is 0 Å². The number of carbonyl (C=O) groups is 2. The first-order valence-corrected chi connectivity index (χ1v) is 9.06. The Morgan fingerprint density at radius 3 is 2.65 bits per heavy atom. The first kappa shape index (κ1) is 19.7. The number of nitrogens with one attached hydrogen (secondary N) is 1. The molecule has 136 valence electrons. The normalized spacial score (nSPS) is 11.5. The van der Waals surface area contributed by atoms with Gasteiger partial charge in [-0.25, -0.2) is 9.18 Å². The van der Waals surface area contributed by atoms with E-state index >= 15 is 0 Å². The zero-order chi connectivity index (χ0) is 18.9. The number of hydrogen-bond acceptors (Lipinski definition) is 4. The van der Waals surface area contributed by atoms with Gasteiger partial charge in [-0.1, -0.05) is 36.4 Å². The third-order valence-corrected chi connectivity index (χ3v) is 4.64. The average molecular weight is 373 g/mol. The monoisotopic (exact) mass is 373 g/mol. The van der Waals surface area contributed by atoms with Crippen LogP contribution in [0.2, 0.25) is 0 Å². The van der Waals surface area contributed by atoms with Crippen LogP contribution in [0.25, 0.3) is 0 Å². The lowest BCUT2D eigenvalue weighted by Gasteiger charge is -2.14. The van der Waals surface area contributed by atoms with Gasteiger partial charge in [0, 0.05) is 17.2 Å². The highest BCUT2D eigenvalue weighted by molar-refractivity contribution is 7.98. The highest BCUT2D eigenvalue weighted by atomic mass is 32.2. The molecule has 0 radical (unpaired) electrons. The van der Waals surface area contributed by atoms with Gasteiger partial charge in [0.2, 0.25) is 0 Å². The third kappa shape index (κ3) is 5.46. The quantitative estimate of drug-likeness (QED) is 0.432. The molecule has 26 heavy (non-hydrogen) atoms. The van der Waals surface area contributed by atoms with Crippen molar-refractivity contribution < 1.29 is 18.7 Å². The molecule has 0 saturated carbocycles. The molecule has 0 spiro atoms. The van der Waals surface area contributed by atoms with E-state index in [0.29, 0.717) is 28.3 Å². The first-order chi connectivity index (χ1) is 12.5. The molecule has 1 N–H and O–H groups in total. The van der Waals surface area contributed by atoms with E-state index in [1.54, 1.807) is 48.5 Å². The Morgan fingerprint density at radius 2 is 1.92 bits per heavy atom. The average Bonchev–Trinajstić information content (AvgIpc) is 2.65. The van der Waals surface area contributed by atoms with Crippen LogP contribution in [0.1, 0.15) is 22.8 Å². The highest BCUT2D eigenvalue weighted by Crippen LogP contribution is 2.28. The molecule has 2 rings (SSSR count). The minimum Gasteiger partial charge on any atom is -0.449 e. The molecule has 0 aliphatic heterocycles. The fourth-order valence-electron chi connectivity index (χ4n) is 2.13. The summed E-state index contributed by atoms with van der Waals surface area (Å²) in [4.78, 5) is 24.9. The molecular weight excluding hydrogens is 353 g/mol. The van der Waals surface area contributed by atoms with Crippen molar-refractivity contribution in [3.8, 4) is 0 Å². The maximum absolute atomic E-state index is 13.8. The number of thioether (sulfide) groups is 1. The van der Waals surface area contributed by atoms with Gasteiger partial charge in [0.25, 0.3) is 5.91 Å². The number of halogens is 1. The lowest BCUT2D eigenvalue weighted by molar-refractivity contribution is -0.128. The van der Waals surface area contributed by atoms with E-state index in [-0.39, 0.29) is 5.82 Å². The molecule has 0 fully saturated rings. The summed E-state index contributed by atoms with van der Waals surface area (Å²) in [5.74, 6) is -0.892. The van der Waals surface area contributed by atoms with Crippen LogP contribution >= 0.6 is 11.8 Å². The zero-order valence-electron chi connectivity index (χ0n) is 14.4. The van der Waals surface area contributed by atoms with Crippen molar-refractivity contribution in [2.45, 2.75) is 23.7 Å². The molecule has 0 aliphatic rings. The lowest BCUT2D eigenvalue weighted by atomic mass is 10.2. The molecule has 0 aromatic heterocycles. The number of hydrogen-bond donors (Lipinski definition) is 1. The molecule has 6 heteroatoms. The van der Waals surface area contributed by atoms with Crippen molar-refractivity contribution in [3.05, 3.63) is 78.1 Å². The van der Waals surface area contributed by atoms with Gasteiger partial charge in [-0.3, -0.25) is 4.79 Å².